The largest absolute Gasteiger partial charge is 0.497 e. The van der Waals surface area contributed by atoms with Crippen LogP contribution < -0.4 is 9.64 Å². The first-order chi connectivity index (χ1) is 17.8. The first-order valence-electron chi connectivity index (χ1n) is 12.3. The topological polar surface area (TPSA) is 76.1 Å². The van der Waals surface area contributed by atoms with Gasteiger partial charge in [-0.1, -0.05) is 29.8 Å². The van der Waals surface area contributed by atoms with Crippen molar-refractivity contribution in [1.82, 2.24) is 0 Å². The average Bonchev–Trinajstić information content (AvgIpc) is 3.26. The van der Waals surface area contributed by atoms with Gasteiger partial charge in [0.1, 0.15) is 5.75 Å². The van der Waals surface area contributed by atoms with Crippen LogP contribution in [0.25, 0.3) is 11.1 Å². The quantitative estimate of drug-likeness (QED) is 0.405. The van der Waals surface area contributed by atoms with E-state index >= 15 is 0 Å². The molecule has 6 nitrogen and oxygen atoms in total. The van der Waals surface area contributed by atoms with Gasteiger partial charge >= 0.3 is 5.97 Å². The minimum Gasteiger partial charge on any atom is -0.497 e. The maximum Gasteiger partial charge on any atom is 0.337 e. The third-order valence-corrected chi connectivity index (χ3v) is 6.55. The van der Waals surface area contributed by atoms with Crippen LogP contribution >= 0.6 is 0 Å². The van der Waals surface area contributed by atoms with E-state index in [1.54, 1.807) is 33.8 Å². The number of fused-ring (bicyclic) bond motifs is 1. The van der Waals surface area contributed by atoms with E-state index in [2.05, 4.69) is 0 Å². The summed E-state index contributed by atoms with van der Waals surface area (Å²) < 4.78 is 40.0. The molecule has 1 heterocycles. The smallest absolute Gasteiger partial charge is 0.337 e. The minimum absolute atomic E-state index is 0.0298. The lowest BCUT2D eigenvalue weighted by molar-refractivity contribution is -0.160. The molecule has 0 aromatic heterocycles. The Morgan fingerprint density at radius 2 is 1.71 bits per heavy atom. The number of carbonyl (C=O) groups excluding carboxylic acids is 1. The number of hydrogen-bond acceptors (Lipinski definition) is 4. The Morgan fingerprint density at radius 1 is 1.05 bits per heavy atom. The van der Waals surface area contributed by atoms with E-state index in [4.69, 9.17) is 9.47 Å². The molecule has 0 fully saturated rings. The van der Waals surface area contributed by atoms with Crippen molar-refractivity contribution in [2.24, 2.45) is 0 Å². The van der Waals surface area contributed by atoms with E-state index in [1.807, 2.05) is 31.2 Å². The number of rotatable bonds is 6. The van der Waals surface area contributed by atoms with E-state index in [0.717, 1.165) is 22.8 Å². The molecule has 1 atom stereocenters. The fourth-order valence-corrected chi connectivity index (χ4v) is 4.86. The molecule has 200 valence electrons. The Morgan fingerprint density at radius 3 is 2.29 bits per heavy atom. The van der Waals surface area contributed by atoms with E-state index in [-0.39, 0.29) is 12.3 Å². The van der Waals surface area contributed by atoms with E-state index in [9.17, 15) is 23.5 Å². The lowest BCUT2D eigenvalue weighted by Crippen LogP contribution is -2.30. The molecule has 0 saturated carbocycles. The summed E-state index contributed by atoms with van der Waals surface area (Å²) >= 11 is 0. The zero-order chi connectivity index (χ0) is 27.9. The molecule has 0 bridgehead atoms. The molecule has 3 aromatic rings. The van der Waals surface area contributed by atoms with Crippen molar-refractivity contribution in [3.05, 3.63) is 81.9 Å². The minimum atomic E-state index is -1.26. The number of anilines is 1. The van der Waals surface area contributed by atoms with Gasteiger partial charge in [-0.3, -0.25) is 4.79 Å². The number of hydrogen-bond donors (Lipinski definition) is 1. The molecule has 0 spiro atoms. The van der Waals surface area contributed by atoms with Crippen LogP contribution in [0.1, 0.15) is 59.5 Å². The maximum atomic E-state index is 14.7. The first kappa shape index (κ1) is 27.3. The number of halogens is 2. The molecule has 4 rings (SSSR count). The van der Waals surface area contributed by atoms with Crippen molar-refractivity contribution in [2.75, 3.05) is 18.6 Å². The normalized spacial score (nSPS) is 13.8. The van der Waals surface area contributed by atoms with Gasteiger partial charge in [0.15, 0.2) is 17.7 Å². The van der Waals surface area contributed by atoms with Gasteiger partial charge in [0, 0.05) is 23.9 Å². The fraction of sp³-hybridized carbons (Fsp3) is 0.333. The lowest BCUT2D eigenvalue weighted by Gasteiger charge is -2.29. The second-order valence-corrected chi connectivity index (χ2v) is 10.5. The predicted octanol–water partition coefficient (Wildman–Crippen LogP) is 6.40. The molecule has 8 heteroatoms. The number of carboxylic acids is 1. The highest BCUT2D eigenvalue weighted by atomic mass is 19.2. The van der Waals surface area contributed by atoms with Crippen molar-refractivity contribution in [2.45, 2.75) is 52.7 Å². The standard InChI is InChI=1S/C30H31F2NO5/c1-16-7-9-18(10-8-16)25-20-11-12-33(28(34)21-14-19(37-6)15-22(31)26(21)32)23(20)13-17(2)24(25)27(29(35)36)38-30(3,4)5/h7-10,13-15,27H,11-12H2,1-6H3,(H,35,36)/t27-/m0/s1. The number of aliphatic carboxylic acids is 1. The fourth-order valence-electron chi connectivity index (χ4n) is 4.86. The van der Waals surface area contributed by atoms with Crippen LogP contribution in [-0.2, 0) is 16.0 Å². The van der Waals surface area contributed by atoms with Crippen LogP contribution in [0, 0.1) is 25.5 Å². The highest BCUT2D eigenvalue weighted by Crippen LogP contribution is 2.45. The summed E-state index contributed by atoms with van der Waals surface area (Å²) in [5.74, 6) is -4.23. The molecule has 38 heavy (non-hydrogen) atoms. The molecular formula is C30H31F2NO5. The average molecular weight is 524 g/mol. The third-order valence-electron chi connectivity index (χ3n) is 6.55. The van der Waals surface area contributed by atoms with E-state index < -0.39 is 40.8 Å². The van der Waals surface area contributed by atoms with Crippen LogP contribution in [0.5, 0.6) is 5.75 Å². The summed E-state index contributed by atoms with van der Waals surface area (Å²) in [5.41, 5.74) is 3.68. The number of carbonyl (C=O) groups is 2. The van der Waals surface area contributed by atoms with Crippen molar-refractivity contribution in [1.29, 1.82) is 0 Å². The SMILES string of the molecule is COc1cc(F)c(F)c(C(=O)N2CCc3c2cc(C)c([C@H](OC(C)(C)C)C(=O)O)c3-c2ccc(C)cc2)c1. The predicted molar refractivity (Wildman–Crippen MR) is 141 cm³/mol. The van der Waals surface area contributed by atoms with Crippen LogP contribution in [-0.4, -0.2) is 36.2 Å². The summed E-state index contributed by atoms with van der Waals surface area (Å²) in [5, 5.41) is 10.2. The molecule has 0 radical (unpaired) electrons. The molecule has 1 aliphatic rings. The van der Waals surface area contributed by atoms with Gasteiger partial charge in [0.25, 0.3) is 5.91 Å². The van der Waals surface area contributed by atoms with Crippen LogP contribution in [0.3, 0.4) is 0 Å². The van der Waals surface area contributed by atoms with Gasteiger partial charge in [-0.2, -0.15) is 0 Å². The van der Waals surface area contributed by atoms with Crippen molar-refractivity contribution < 1.29 is 33.0 Å². The number of amides is 1. The summed E-state index contributed by atoms with van der Waals surface area (Å²) in [6.45, 7) is 9.31. The number of carboxylic acid groups (broad SMARTS) is 1. The number of aryl methyl sites for hydroxylation is 2. The Labute approximate surface area is 220 Å². The van der Waals surface area contributed by atoms with Gasteiger partial charge in [0.2, 0.25) is 0 Å². The summed E-state index contributed by atoms with van der Waals surface area (Å²) in [7, 11) is 1.31. The molecule has 0 aliphatic carbocycles. The molecule has 1 aliphatic heterocycles. The van der Waals surface area contributed by atoms with Gasteiger partial charge in [-0.25, -0.2) is 13.6 Å². The molecule has 1 amide bonds. The molecule has 0 saturated heterocycles. The summed E-state index contributed by atoms with van der Waals surface area (Å²) in [6, 6.07) is 11.5. The molecule has 3 aromatic carbocycles. The van der Waals surface area contributed by atoms with Crippen LogP contribution in [0.4, 0.5) is 14.5 Å². The Kier molecular flexibility index (Phi) is 7.30. The Hall–Kier alpha value is -3.78. The van der Waals surface area contributed by atoms with Crippen LogP contribution in [0.15, 0.2) is 42.5 Å². The highest BCUT2D eigenvalue weighted by molar-refractivity contribution is 6.08. The Balaban J connectivity index is 1.93. The van der Waals surface area contributed by atoms with Gasteiger partial charge in [0.05, 0.1) is 18.3 Å². The Bertz CT molecular complexity index is 1410. The third kappa shape index (κ3) is 5.13. The number of benzene rings is 3. The molecular weight excluding hydrogens is 492 g/mol. The monoisotopic (exact) mass is 523 g/mol. The van der Waals surface area contributed by atoms with Crippen molar-refractivity contribution >= 4 is 17.6 Å². The van der Waals surface area contributed by atoms with Gasteiger partial charge in [-0.05, 0) is 75.4 Å². The molecule has 0 unspecified atom stereocenters. The zero-order valence-corrected chi connectivity index (χ0v) is 22.3. The first-order valence-corrected chi connectivity index (χ1v) is 12.3. The van der Waals surface area contributed by atoms with E-state index in [0.29, 0.717) is 28.8 Å². The summed E-state index contributed by atoms with van der Waals surface area (Å²) in [4.78, 5) is 27.4. The number of methoxy groups -OCH3 is 1. The number of ether oxygens (including phenoxy) is 2. The molecule has 1 N–H and O–H groups in total. The maximum absolute atomic E-state index is 14.7. The van der Waals surface area contributed by atoms with Gasteiger partial charge in [-0.15, -0.1) is 0 Å². The zero-order valence-electron chi connectivity index (χ0n) is 22.3. The highest BCUT2D eigenvalue weighted by Gasteiger charge is 2.36. The second kappa shape index (κ2) is 10.2. The second-order valence-electron chi connectivity index (χ2n) is 10.5. The van der Waals surface area contributed by atoms with Gasteiger partial charge < -0.3 is 19.5 Å². The number of nitrogens with zero attached hydrogens (tertiary/aromatic N) is 1. The summed E-state index contributed by atoms with van der Waals surface area (Å²) in [6.07, 6.45) is -0.862. The van der Waals surface area contributed by atoms with Crippen molar-refractivity contribution in [3.8, 4) is 16.9 Å². The lowest BCUT2D eigenvalue weighted by atomic mass is 9.86. The van der Waals surface area contributed by atoms with Crippen molar-refractivity contribution in [3.63, 3.8) is 0 Å². The van der Waals surface area contributed by atoms with Crippen LogP contribution in [0.2, 0.25) is 0 Å². The van der Waals surface area contributed by atoms with E-state index in [1.165, 1.54) is 18.1 Å².